The SMILES string of the molecule is CCOP(OCC)OC/C(C)=C\SCC. The summed E-state index contributed by atoms with van der Waals surface area (Å²) in [6, 6.07) is 0. The van der Waals surface area contributed by atoms with Crippen LogP contribution in [0, 0.1) is 0 Å². The van der Waals surface area contributed by atoms with Crippen molar-refractivity contribution in [3.8, 4) is 0 Å². The molecule has 3 nitrogen and oxygen atoms in total. The summed E-state index contributed by atoms with van der Waals surface area (Å²) in [4.78, 5) is 0. The summed E-state index contributed by atoms with van der Waals surface area (Å²) in [5.41, 5.74) is 1.20. The largest absolute Gasteiger partial charge is 0.332 e. The van der Waals surface area contributed by atoms with E-state index >= 15 is 0 Å². The highest BCUT2D eigenvalue weighted by molar-refractivity contribution is 8.02. The topological polar surface area (TPSA) is 27.7 Å². The molecule has 0 fully saturated rings. The minimum atomic E-state index is -1.16. The van der Waals surface area contributed by atoms with E-state index in [2.05, 4.69) is 12.3 Å². The molecule has 0 spiro atoms. The Morgan fingerprint density at radius 1 is 1.13 bits per heavy atom. The Kier molecular flexibility index (Phi) is 11.2. The van der Waals surface area contributed by atoms with Gasteiger partial charge in [0.25, 0.3) is 0 Å². The lowest BCUT2D eigenvalue weighted by Gasteiger charge is -2.14. The smallest absolute Gasteiger partial charge is 0.313 e. The molecule has 0 aliphatic carbocycles. The zero-order valence-corrected chi connectivity index (χ0v) is 11.7. The molecular formula is C10H21O3PS. The van der Waals surface area contributed by atoms with Crippen LogP contribution in [0.2, 0.25) is 0 Å². The molecule has 0 saturated heterocycles. The van der Waals surface area contributed by atoms with Crippen LogP contribution in [0.5, 0.6) is 0 Å². The molecule has 0 N–H and O–H groups in total. The van der Waals surface area contributed by atoms with Crippen LogP contribution in [0.4, 0.5) is 0 Å². The third-order valence-electron chi connectivity index (χ3n) is 1.32. The Hall–Kier alpha value is 0.400. The second-order valence-electron chi connectivity index (χ2n) is 2.75. The van der Waals surface area contributed by atoms with Gasteiger partial charge in [-0.2, -0.15) is 0 Å². The van der Waals surface area contributed by atoms with Gasteiger partial charge in [0.15, 0.2) is 0 Å². The van der Waals surface area contributed by atoms with E-state index in [9.17, 15) is 0 Å². The zero-order chi connectivity index (χ0) is 11.5. The number of hydrogen-bond donors (Lipinski definition) is 0. The molecule has 0 amide bonds. The van der Waals surface area contributed by atoms with Gasteiger partial charge in [-0.05, 0) is 37.5 Å². The van der Waals surface area contributed by atoms with Crippen molar-refractivity contribution >= 4 is 20.4 Å². The van der Waals surface area contributed by atoms with E-state index in [0.29, 0.717) is 19.8 Å². The van der Waals surface area contributed by atoms with Gasteiger partial charge in [-0.1, -0.05) is 6.92 Å². The van der Waals surface area contributed by atoms with Gasteiger partial charge >= 0.3 is 8.60 Å². The molecule has 0 radical (unpaired) electrons. The van der Waals surface area contributed by atoms with E-state index in [1.54, 1.807) is 11.8 Å². The maximum atomic E-state index is 5.52. The molecule has 90 valence electrons. The average Bonchev–Trinajstić information content (AvgIpc) is 2.23. The van der Waals surface area contributed by atoms with Crippen molar-refractivity contribution in [2.75, 3.05) is 25.6 Å². The summed E-state index contributed by atoms with van der Waals surface area (Å²) in [6.07, 6.45) is 0. The quantitative estimate of drug-likeness (QED) is 0.580. The third-order valence-corrected chi connectivity index (χ3v) is 3.50. The predicted molar refractivity (Wildman–Crippen MR) is 68.0 cm³/mol. The normalized spacial score (nSPS) is 12.5. The fourth-order valence-corrected chi connectivity index (χ4v) is 2.21. The maximum Gasteiger partial charge on any atom is 0.332 e. The van der Waals surface area contributed by atoms with Crippen LogP contribution < -0.4 is 0 Å². The highest BCUT2D eigenvalue weighted by atomic mass is 32.2. The minimum Gasteiger partial charge on any atom is -0.313 e. The van der Waals surface area contributed by atoms with Crippen molar-refractivity contribution in [2.24, 2.45) is 0 Å². The maximum absolute atomic E-state index is 5.52. The van der Waals surface area contributed by atoms with Crippen LogP contribution in [-0.2, 0) is 13.6 Å². The first-order chi connectivity index (χ1) is 7.24. The molecule has 0 rings (SSSR count). The molecule has 15 heavy (non-hydrogen) atoms. The molecule has 0 aliphatic rings. The van der Waals surface area contributed by atoms with Crippen LogP contribution in [0.25, 0.3) is 0 Å². The Morgan fingerprint density at radius 2 is 1.73 bits per heavy atom. The van der Waals surface area contributed by atoms with Gasteiger partial charge in [0.2, 0.25) is 0 Å². The fraction of sp³-hybridized carbons (Fsp3) is 0.800. The second-order valence-corrected chi connectivity index (χ2v) is 5.12. The molecule has 0 unspecified atom stereocenters. The Labute approximate surface area is 98.6 Å². The predicted octanol–water partition coefficient (Wildman–Crippen LogP) is 3.96. The molecule has 0 aromatic carbocycles. The monoisotopic (exact) mass is 252 g/mol. The van der Waals surface area contributed by atoms with Crippen molar-refractivity contribution in [1.82, 2.24) is 0 Å². The van der Waals surface area contributed by atoms with Gasteiger partial charge in [-0.25, -0.2) is 0 Å². The minimum absolute atomic E-state index is 0.582. The van der Waals surface area contributed by atoms with E-state index in [4.69, 9.17) is 13.6 Å². The van der Waals surface area contributed by atoms with Crippen molar-refractivity contribution in [2.45, 2.75) is 27.7 Å². The summed E-state index contributed by atoms with van der Waals surface area (Å²) >= 11 is 1.78. The summed E-state index contributed by atoms with van der Waals surface area (Å²) in [5.74, 6) is 1.09. The molecule has 0 aliphatic heterocycles. The Morgan fingerprint density at radius 3 is 2.20 bits per heavy atom. The molecule has 0 atom stereocenters. The lowest BCUT2D eigenvalue weighted by molar-refractivity contribution is 0.179. The van der Waals surface area contributed by atoms with E-state index in [1.165, 1.54) is 5.57 Å². The Balaban J connectivity index is 3.76. The van der Waals surface area contributed by atoms with Gasteiger partial charge < -0.3 is 13.6 Å². The lowest BCUT2D eigenvalue weighted by atomic mass is 10.4. The first-order valence-corrected chi connectivity index (χ1v) is 7.35. The van der Waals surface area contributed by atoms with Crippen molar-refractivity contribution < 1.29 is 13.6 Å². The van der Waals surface area contributed by atoms with E-state index < -0.39 is 8.60 Å². The molecule has 0 aromatic heterocycles. The van der Waals surface area contributed by atoms with E-state index in [1.807, 2.05) is 20.8 Å². The molecule has 5 heteroatoms. The van der Waals surface area contributed by atoms with Gasteiger partial charge in [-0.15, -0.1) is 11.8 Å². The highest BCUT2D eigenvalue weighted by Gasteiger charge is 2.10. The molecule has 0 saturated carbocycles. The van der Waals surface area contributed by atoms with Crippen LogP contribution in [-0.4, -0.2) is 25.6 Å². The molecule has 0 heterocycles. The molecule has 0 bridgehead atoms. The fourth-order valence-electron chi connectivity index (χ4n) is 0.737. The standard InChI is InChI=1S/C10H21O3PS/c1-5-11-14(12-6-2)13-8-10(4)9-15-7-3/h9H,5-8H2,1-4H3/b10-9-. The summed E-state index contributed by atoms with van der Waals surface area (Å²) in [5, 5.41) is 2.12. The van der Waals surface area contributed by atoms with Gasteiger partial charge in [0.05, 0.1) is 19.8 Å². The molecular weight excluding hydrogens is 231 g/mol. The summed E-state index contributed by atoms with van der Waals surface area (Å²) in [7, 11) is -1.16. The van der Waals surface area contributed by atoms with Gasteiger partial charge in [0, 0.05) is 0 Å². The average molecular weight is 252 g/mol. The van der Waals surface area contributed by atoms with E-state index in [-0.39, 0.29) is 0 Å². The van der Waals surface area contributed by atoms with Crippen molar-refractivity contribution in [3.63, 3.8) is 0 Å². The summed E-state index contributed by atoms with van der Waals surface area (Å²) < 4.78 is 16.2. The first kappa shape index (κ1) is 15.4. The lowest BCUT2D eigenvalue weighted by Crippen LogP contribution is -1.97. The highest BCUT2D eigenvalue weighted by Crippen LogP contribution is 2.39. The first-order valence-electron chi connectivity index (χ1n) is 5.20. The summed E-state index contributed by atoms with van der Waals surface area (Å²) in [6.45, 7) is 9.88. The zero-order valence-electron chi connectivity index (χ0n) is 9.99. The van der Waals surface area contributed by atoms with Crippen molar-refractivity contribution in [3.05, 3.63) is 11.0 Å². The van der Waals surface area contributed by atoms with Gasteiger partial charge in [0.1, 0.15) is 0 Å². The van der Waals surface area contributed by atoms with Crippen LogP contribution in [0.15, 0.2) is 11.0 Å². The van der Waals surface area contributed by atoms with Crippen LogP contribution >= 0.6 is 20.4 Å². The van der Waals surface area contributed by atoms with Crippen LogP contribution in [0.1, 0.15) is 27.7 Å². The number of rotatable bonds is 9. The van der Waals surface area contributed by atoms with Crippen LogP contribution in [0.3, 0.4) is 0 Å². The third kappa shape index (κ3) is 9.34. The molecule has 0 aromatic rings. The second kappa shape index (κ2) is 10.9. The number of thioether (sulfide) groups is 1. The van der Waals surface area contributed by atoms with Crippen molar-refractivity contribution in [1.29, 1.82) is 0 Å². The number of hydrogen-bond acceptors (Lipinski definition) is 4. The van der Waals surface area contributed by atoms with E-state index in [0.717, 1.165) is 5.75 Å². The van der Waals surface area contributed by atoms with Gasteiger partial charge in [-0.3, -0.25) is 0 Å². The Bertz CT molecular complexity index is 170.